The average Bonchev–Trinajstić information content (AvgIpc) is 2.84. The summed E-state index contributed by atoms with van der Waals surface area (Å²) in [5.41, 5.74) is 0. The molecule has 9 nitrogen and oxygen atoms in total. The number of carboxylic acids is 2. The first-order valence-electron chi connectivity index (χ1n) is 4.56. The second kappa shape index (κ2) is 7.98. The summed E-state index contributed by atoms with van der Waals surface area (Å²) in [5, 5.41) is 32.4. The van der Waals surface area contributed by atoms with E-state index in [-0.39, 0.29) is 19.4 Å². The zero-order valence-electron chi connectivity index (χ0n) is 9.15. The van der Waals surface area contributed by atoms with Crippen LogP contribution in [0.4, 0.5) is 0 Å². The number of nitrogens with zero attached hydrogens (tertiary/aromatic N) is 1. The molecule has 98 valence electrons. The first-order chi connectivity index (χ1) is 7.81. The van der Waals surface area contributed by atoms with E-state index in [9.17, 15) is 9.59 Å². The van der Waals surface area contributed by atoms with Gasteiger partial charge in [-0.15, -0.1) is 0 Å². The minimum Gasteiger partial charge on any atom is -0.480 e. The van der Waals surface area contributed by atoms with Crippen molar-refractivity contribution >= 4 is 19.3 Å². The van der Waals surface area contributed by atoms with Crippen molar-refractivity contribution in [3.8, 4) is 0 Å². The second-order valence-corrected chi connectivity index (χ2v) is 3.19. The average molecular weight is 251 g/mol. The van der Waals surface area contributed by atoms with Crippen molar-refractivity contribution in [2.45, 2.75) is 6.29 Å². The van der Waals surface area contributed by atoms with Crippen LogP contribution < -0.4 is 0 Å². The predicted molar refractivity (Wildman–Crippen MR) is 53.8 cm³/mol. The number of carbonyl (C=O) groups is 2. The van der Waals surface area contributed by atoms with Gasteiger partial charge in [-0.2, -0.15) is 0 Å². The Morgan fingerprint density at radius 2 is 1.76 bits per heavy atom. The lowest BCUT2D eigenvalue weighted by Gasteiger charge is -2.08. The summed E-state index contributed by atoms with van der Waals surface area (Å²) in [5.74, 6) is -2.05. The van der Waals surface area contributed by atoms with Crippen molar-refractivity contribution in [2.75, 3.05) is 26.7 Å². The summed E-state index contributed by atoms with van der Waals surface area (Å²) >= 11 is 0. The first-order valence-corrected chi connectivity index (χ1v) is 4.56. The number of epoxide rings is 1. The van der Waals surface area contributed by atoms with Crippen LogP contribution in [0.1, 0.15) is 0 Å². The third-order valence-corrected chi connectivity index (χ3v) is 1.39. The maximum Gasteiger partial charge on any atom is 0.635 e. The van der Waals surface area contributed by atoms with E-state index < -0.39 is 19.3 Å². The van der Waals surface area contributed by atoms with Crippen LogP contribution in [0.3, 0.4) is 0 Å². The molecular weight excluding hydrogens is 237 g/mol. The van der Waals surface area contributed by atoms with Gasteiger partial charge < -0.3 is 29.7 Å². The van der Waals surface area contributed by atoms with Crippen LogP contribution in [0, 0.1) is 0 Å². The topological polar surface area (TPSA) is 140 Å². The maximum absolute atomic E-state index is 9.96. The van der Waals surface area contributed by atoms with Gasteiger partial charge in [-0.05, 0) is 7.05 Å². The highest BCUT2D eigenvalue weighted by Gasteiger charge is 2.28. The number of aliphatic carboxylic acids is 2. The fourth-order valence-electron chi connectivity index (χ4n) is 0.771. The molecule has 0 saturated carbocycles. The van der Waals surface area contributed by atoms with E-state index in [0.29, 0.717) is 6.61 Å². The summed E-state index contributed by atoms with van der Waals surface area (Å²) in [7, 11) is -0.255. The van der Waals surface area contributed by atoms with Crippen molar-refractivity contribution in [1.29, 1.82) is 0 Å². The highest BCUT2D eigenvalue weighted by atomic mass is 16.8. The smallest absolute Gasteiger partial charge is 0.480 e. The summed E-state index contributed by atoms with van der Waals surface area (Å²) in [6, 6.07) is 0. The molecule has 0 bridgehead atoms. The van der Waals surface area contributed by atoms with E-state index in [1.165, 1.54) is 11.9 Å². The van der Waals surface area contributed by atoms with Crippen LogP contribution in [0.5, 0.6) is 0 Å². The third kappa shape index (κ3) is 12.7. The quantitative estimate of drug-likeness (QED) is 0.295. The summed E-state index contributed by atoms with van der Waals surface area (Å²) in [6.07, 6.45) is -0.375. The molecule has 0 aromatic carbocycles. The SMILES string of the molecule is CN(CC(=O)O)CC(=O)O.OB(O)OC1CO1. The zero-order chi connectivity index (χ0) is 13.4. The summed E-state index contributed by atoms with van der Waals surface area (Å²) < 4.78 is 8.73. The van der Waals surface area contributed by atoms with Crippen LogP contribution >= 0.6 is 0 Å². The monoisotopic (exact) mass is 251 g/mol. The van der Waals surface area contributed by atoms with E-state index in [1.54, 1.807) is 0 Å². The van der Waals surface area contributed by atoms with Crippen molar-refractivity contribution in [3.63, 3.8) is 0 Å². The Morgan fingerprint density at radius 1 is 1.35 bits per heavy atom. The van der Waals surface area contributed by atoms with Gasteiger partial charge in [-0.25, -0.2) is 0 Å². The van der Waals surface area contributed by atoms with E-state index in [1.807, 2.05) is 0 Å². The number of likely N-dealkylation sites (N-methyl/N-ethyl adjacent to an activating group) is 1. The molecule has 0 aromatic heterocycles. The number of hydrogen-bond acceptors (Lipinski definition) is 7. The molecule has 1 saturated heterocycles. The summed E-state index contributed by atoms with van der Waals surface area (Å²) in [4.78, 5) is 21.1. The van der Waals surface area contributed by atoms with E-state index in [2.05, 4.69) is 9.39 Å². The fourth-order valence-corrected chi connectivity index (χ4v) is 0.771. The molecule has 1 aliphatic rings. The minimum absolute atomic E-state index is 0.244. The minimum atomic E-state index is -1.69. The molecule has 0 radical (unpaired) electrons. The summed E-state index contributed by atoms with van der Waals surface area (Å²) in [6.45, 7) is -0.0176. The van der Waals surface area contributed by atoms with Crippen molar-refractivity contribution < 1.29 is 39.2 Å². The van der Waals surface area contributed by atoms with Gasteiger partial charge in [-0.3, -0.25) is 14.5 Å². The highest BCUT2D eigenvalue weighted by molar-refractivity contribution is 6.32. The standard InChI is InChI=1S/C5H9NO4.C2H5BO4/c1-6(2-4(7)8)3-5(9)10;4-3(5)7-2-1-6-2/h2-3H2,1H3,(H,7,8)(H,9,10);2,4-5H,1H2. The number of rotatable bonds is 6. The Bertz CT molecular complexity index is 240. The molecule has 1 heterocycles. The Kier molecular flexibility index (Phi) is 7.42. The largest absolute Gasteiger partial charge is 0.635 e. The zero-order valence-corrected chi connectivity index (χ0v) is 9.15. The molecular formula is C7H14BNO8. The van der Waals surface area contributed by atoms with Crippen molar-refractivity contribution in [2.24, 2.45) is 0 Å². The van der Waals surface area contributed by atoms with Gasteiger partial charge in [0.1, 0.15) is 0 Å². The number of hydrogen-bond donors (Lipinski definition) is 4. The van der Waals surface area contributed by atoms with E-state index in [4.69, 9.17) is 20.3 Å². The predicted octanol–water partition coefficient (Wildman–Crippen LogP) is -2.58. The van der Waals surface area contributed by atoms with Gasteiger partial charge in [-0.1, -0.05) is 0 Å². The van der Waals surface area contributed by atoms with Gasteiger partial charge in [0, 0.05) is 0 Å². The Hall–Kier alpha value is -1.20. The molecule has 0 aromatic rings. The number of ether oxygens (including phenoxy) is 1. The molecule has 1 rings (SSSR count). The maximum atomic E-state index is 9.96. The van der Waals surface area contributed by atoms with Crippen molar-refractivity contribution in [1.82, 2.24) is 4.90 Å². The second-order valence-electron chi connectivity index (χ2n) is 3.19. The van der Waals surface area contributed by atoms with Gasteiger partial charge in [0.15, 0.2) is 6.29 Å². The molecule has 1 fully saturated rings. The lowest BCUT2D eigenvalue weighted by molar-refractivity contribution is -0.141. The normalized spacial score (nSPS) is 17.1. The molecule has 0 aliphatic carbocycles. The van der Waals surface area contributed by atoms with Gasteiger partial charge >= 0.3 is 19.3 Å². The van der Waals surface area contributed by atoms with Crippen LogP contribution in [0.2, 0.25) is 0 Å². The van der Waals surface area contributed by atoms with Crippen LogP contribution in [0.25, 0.3) is 0 Å². The molecule has 1 unspecified atom stereocenters. The van der Waals surface area contributed by atoms with Crippen molar-refractivity contribution in [3.05, 3.63) is 0 Å². The molecule has 0 spiro atoms. The van der Waals surface area contributed by atoms with E-state index >= 15 is 0 Å². The van der Waals surface area contributed by atoms with Gasteiger partial charge in [0.25, 0.3) is 0 Å². The lowest BCUT2D eigenvalue weighted by Crippen LogP contribution is -2.30. The molecule has 4 N–H and O–H groups in total. The molecule has 17 heavy (non-hydrogen) atoms. The van der Waals surface area contributed by atoms with Crippen LogP contribution in [0.15, 0.2) is 0 Å². The first kappa shape index (κ1) is 15.8. The Morgan fingerprint density at radius 3 is 1.94 bits per heavy atom. The van der Waals surface area contributed by atoms with Gasteiger partial charge in [0.2, 0.25) is 0 Å². The number of carboxylic acid groups (broad SMARTS) is 2. The third-order valence-electron chi connectivity index (χ3n) is 1.39. The van der Waals surface area contributed by atoms with Crippen LogP contribution in [-0.4, -0.2) is 77.5 Å². The van der Waals surface area contributed by atoms with E-state index in [0.717, 1.165) is 0 Å². The Balaban J connectivity index is 0.000000318. The lowest BCUT2D eigenvalue weighted by atomic mass is 10.3. The van der Waals surface area contributed by atoms with Gasteiger partial charge in [0.05, 0.1) is 19.7 Å². The highest BCUT2D eigenvalue weighted by Crippen LogP contribution is 2.09. The van der Waals surface area contributed by atoms with Crippen LogP contribution in [-0.2, 0) is 19.0 Å². The molecule has 1 aliphatic heterocycles. The molecule has 0 amide bonds. The molecule has 1 atom stereocenters. The Labute approximate surface area is 97.3 Å². The molecule has 10 heteroatoms. The fraction of sp³-hybridized carbons (Fsp3) is 0.714.